The van der Waals surface area contributed by atoms with E-state index in [1.54, 1.807) is 0 Å². The van der Waals surface area contributed by atoms with Crippen LogP contribution in [0.15, 0.2) is 15.9 Å². The number of benzene rings is 1. The second kappa shape index (κ2) is 6.77. The van der Waals surface area contributed by atoms with Crippen molar-refractivity contribution in [2.75, 3.05) is 19.5 Å². The van der Waals surface area contributed by atoms with Crippen molar-refractivity contribution in [3.05, 3.63) is 22.2 Å². The van der Waals surface area contributed by atoms with Crippen molar-refractivity contribution in [2.24, 2.45) is 0 Å². The van der Waals surface area contributed by atoms with Crippen LogP contribution in [-0.2, 0) is 14.9 Å². The summed E-state index contributed by atoms with van der Waals surface area (Å²) in [7, 11) is -3.02. The van der Waals surface area contributed by atoms with E-state index in [0.29, 0.717) is 17.3 Å². The minimum absolute atomic E-state index is 0.0523. The molecule has 2 N–H and O–H groups in total. The van der Waals surface area contributed by atoms with Gasteiger partial charge < -0.3 is 9.84 Å². The van der Waals surface area contributed by atoms with Crippen LogP contribution in [0.1, 0.15) is 15.9 Å². The normalized spacial score (nSPS) is 11.6. The highest BCUT2D eigenvalue weighted by Gasteiger charge is 2.24. The number of carboxylic acid groups (broad SMARTS) is 1. The summed E-state index contributed by atoms with van der Waals surface area (Å²) < 4.78 is 36.7. The standard InChI is InChI=1S/C11H13ClO6S2/c1-6-8(20(15,16)17)5-7(11(13)14)9(12)10(6)19-4-3-18-2/h5H,3-4H2,1-2H3,(H,13,14)(H,15,16,17). The summed E-state index contributed by atoms with van der Waals surface area (Å²) in [6.07, 6.45) is 0. The summed E-state index contributed by atoms with van der Waals surface area (Å²) in [6.45, 7) is 1.84. The highest BCUT2D eigenvalue weighted by molar-refractivity contribution is 7.99. The van der Waals surface area contributed by atoms with Gasteiger partial charge in [-0.1, -0.05) is 11.6 Å². The number of halogens is 1. The van der Waals surface area contributed by atoms with E-state index in [1.807, 2.05) is 0 Å². The third-order valence-electron chi connectivity index (χ3n) is 2.46. The molecule has 0 unspecified atom stereocenters. The fourth-order valence-corrected chi connectivity index (χ4v) is 3.80. The maximum absolute atomic E-state index is 11.3. The molecule has 0 saturated carbocycles. The molecular weight excluding hydrogens is 328 g/mol. The summed E-state index contributed by atoms with van der Waals surface area (Å²) in [4.78, 5) is 10.9. The van der Waals surface area contributed by atoms with Crippen LogP contribution in [0.25, 0.3) is 0 Å². The number of hydrogen-bond acceptors (Lipinski definition) is 5. The van der Waals surface area contributed by atoms with Crippen molar-refractivity contribution in [3.63, 3.8) is 0 Å². The highest BCUT2D eigenvalue weighted by atomic mass is 35.5. The maximum Gasteiger partial charge on any atom is 0.337 e. The smallest absolute Gasteiger partial charge is 0.337 e. The largest absolute Gasteiger partial charge is 0.478 e. The number of thioether (sulfide) groups is 1. The first-order valence-electron chi connectivity index (χ1n) is 5.35. The lowest BCUT2D eigenvalue weighted by atomic mass is 10.1. The molecule has 9 heteroatoms. The van der Waals surface area contributed by atoms with E-state index in [1.165, 1.54) is 14.0 Å². The molecule has 0 bridgehead atoms. The minimum Gasteiger partial charge on any atom is -0.478 e. The van der Waals surface area contributed by atoms with E-state index >= 15 is 0 Å². The van der Waals surface area contributed by atoms with Crippen molar-refractivity contribution in [1.82, 2.24) is 0 Å². The number of ether oxygens (including phenoxy) is 1. The Morgan fingerprint density at radius 2 is 2.10 bits per heavy atom. The first-order valence-corrected chi connectivity index (χ1v) is 8.16. The highest BCUT2D eigenvalue weighted by Crippen LogP contribution is 2.37. The Morgan fingerprint density at radius 1 is 1.50 bits per heavy atom. The molecule has 0 atom stereocenters. The molecule has 1 aromatic carbocycles. The third-order valence-corrected chi connectivity index (χ3v) is 5.12. The van der Waals surface area contributed by atoms with Crippen molar-refractivity contribution < 1.29 is 27.6 Å². The zero-order valence-electron chi connectivity index (χ0n) is 10.7. The first kappa shape index (κ1) is 17.3. The van der Waals surface area contributed by atoms with Gasteiger partial charge in [0, 0.05) is 17.8 Å². The number of rotatable bonds is 6. The van der Waals surface area contributed by atoms with Crippen molar-refractivity contribution in [3.8, 4) is 0 Å². The lowest BCUT2D eigenvalue weighted by molar-refractivity contribution is 0.0696. The van der Waals surface area contributed by atoms with Gasteiger partial charge in [-0.05, 0) is 18.6 Å². The summed E-state index contributed by atoms with van der Waals surface area (Å²) in [5, 5.41) is 9.00. The van der Waals surface area contributed by atoms with Crippen LogP contribution in [0, 0.1) is 6.92 Å². The van der Waals surface area contributed by atoms with Crippen molar-refractivity contribution >= 4 is 39.5 Å². The monoisotopic (exact) mass is 340 g/mol. The molecule has 6 nitrogen and oxygen atoms in total. The third kappa shape index (κ3) is 3.86. The van der Waals surface area contributed by atoms with Gasteiger partial charge in [0.05, 0.1) is 22.1 Å². The van der Waals surface area contributed by atoms with Crippen molar-refractivity contribution in [1.29, 1.82) is 0 Å². The molecule has 1 rings (SSSR count). The second-order valence-corrected chi connectivity index (χ2v) is 6.68. The fourth-order valence-electron chi connectivity index (χ4n) is 1.52. The van der Waals surface area contributed by atoms with E-state index < -0.39 is 21.0 Å². The molecule has 112 valence electrons. The molecule has 0 aliphatic heterocycles. The molecule has 1 aromatic rings. The van der Waals surface area contributed by atoms with Crippen LogP contribution in [-0.4, -0.2) is 43.5 Å². The second-order valence-electron chi connectivity index (χ2n) is 3.81. The fraction of sp³-hybridized carbons (Fsp3) is 0.364. The summed E-state index contributed by atoms with van der Waals surface area (Å²) in [5.41, 5.74) is -0.159. The zero-order valence-corrected chi connectivity index (χ0v) is 13.1. The Kier molecular flexibility index (Phi) is 5.84. The molecule has 20 heavy (non-hydrogen) atoms. The molecule has 0 radical (unpaired) electrons. The van der Waals surface area contributed by atoms with Gasteiger partial charge in [-0.3, -0.25) is 4.55 Å². The van der Waals surface area contributed by atoms with Gasteiger partial charge in [0.2, 0.25) is 0 Å². The maximum atomic E-state index is 11.3. The molecule has 0 aromatic heterocycles. The topological polar surface area (TPSA) is 101 Å². The van der Waals surface area contributed by atoms with Crippen LogP contribution in [0.4, 0.5) is 0 Å². The average molecular weight is 341 g/mol. The SMILES string of the molecule is COCCSc1c(C)c(S(=O)(=O)O)cc(C(=O)O)c1Cl. The predicted octanol–water partition coefficient (Wildman–Crippen LogP) is 2.33. The van der Waals surface area contributed by atoms with Gasteiger partial charge >= 0.3 is 5.97 Å². The van der Waals surface area contributed by atoms with Crippen LogP contribution in [0.5, 0.6) is 0 Å². The molecule has 0 amide bonds. The Hall–Kier alpha value is -0.800. The van der Waals surface area contributed by atoms with Crippen LogP contribution in [0.3, 0.4) is 0 Å². The van der Waals surface area contributed by atoms with Crippen molar-refractivity contribution in [2.45, 2.75) is 16.7 Å². The minimum atomic E-state index is -4.53. The van der Waals surface area contributed by atoms with Gasteiger partial charge in [-0.2, -0.15) is 8.42 Å². The lowest BCUT2D eigenvalue weighted by Gasteiger charge is -2.13. The van der Waals surface area contributed by atoms with E-state index in [9.17, 15) is 13.2 Å². The molecular formula is C11H13ClO6S2. The predicted molar refractivity (Wildman–Crippen MR) is 75.6 cm³/mol. The Bertz CT molecular complexity index is 626. The van der Waals surface area contributed by atoms with E-state index in [4.69, 9.17) is 26.0 Å². The van der Waals surface area contributed by atoms with Crippen LogP contribution < -0.4 is 0 Å². The summed E-state index contributed by atoms with van der Waals surface area (Å²) >= 11 is 7.16. The molecule has 0 aliphatic rings. The number of carbonyl (C=O) groups is 1. The van der Waals surface area contributed by atoms with Gasteiger partial charge in [0.25, 0.3) is 10.1 Å². The van der Waals surface area contributed by atoms with E-state index in [2.05, 4.69) is 0 Å². The molecule has 0 fully saturated rings. The van der Waals surface area contributed by atoms with Crippen LogP contribution >= 0.6 is 23.4 Å². The molecule has 0 aliphatic carbocycles. The summed E-state index contributed by atoms with van der Waals surface area (Å²) in [6, 6.07) is 0.857. The Morgan fingerprint density at radius 3 is 2.55 bits per heavy atom. The Balaban J connectivity index is 3.47. The van der Waals surface area contributed by atoms with E-state index in [-0.39, 0.29) is 16.1 Å². The number of methoxy groups -OCH3 is 1. The van der Waals surface area contributed by atoms with Gasteiger partial charge in [-0.15, -0.1) is 11.8 Å². The molecule has 0 heterocycles. The summed E-state index contributed by atoms with van der Waals surface area (Å²) in [5.74, 6) is -0.904. The number of hydrogen-bond donors (Lipinski definition) is 2. The average Bonchev–Trinajstić information content (AvgIpc) is 2.31. The van der Waals surface area contributed by atoms with Gasteiger partial charge in [0.15, 0.2) is 0 Å². The zero-order chi connectivity index (χ0) is 15.5. The first-order chi connectivity index (χ1) is 9.20. The number of aromatic carboxylic acids is 1. The van der Waals surface area contributed by atoms with Gasteiger partial charge in [-0.25, -0.2) is 4.79 Å². The lowest BCUT2D eigenvalue weighted by Crippen LogP contribution is -2.08. The quantitative estimate of drug-likeness (QED) is 0.465. The molecule has 0 saturated heterocycles. The van der Waals surface area contributed by atoms with Crippen LogP contribution in [0.2, 0.25) is 5.02 Å². The molecule has 0 spiro atoms. The number of carboxylic acids is 1. The van der Waals surface area contributed by atoms with Gasteiger partial charge in [0.1, 0.15) is 0 Å². The Labute approximate surface area is 125 Å². The van der Waals surface area contributed by atoms with E-state index in [0.717, 1.165) is 17.8 Å².